The van der Waals surface area contributed by atoms with E-state index in [9.17, 15) is 4.79 Å². The van der Waals surface area contributed by atoms with Crippen LogP contribution in [0.25, 0.3) is 0 Å². The Morgan fingerprint density at radius 2 is 2.14 bits per heavy atom. The molecule has 22 heavy (non-hydrogen) atoms. The van der Waals surface area contributed by atoms with Gasteiger partial charge in [-0.15, -0.1) is 0 Å². The van der Waals surface area contributed by atoms with Gasteiger partial charge < -0.3 is 15.4 Å². The van der Waals surface area contributed by atoms with E-state index in [2.05, 4.69) is 48.7 Å². The van der Waals surface area contributed by atoms with E-state index in [1.165, 1.54) is 11.1 Å². The molecule has 1 aromatic rings. The van der Waals surface area contributed by atoms with Crippen LogP contribution in [0.3, 0.4) is 0 Å². The van der Waals surface area contributed by atoms with Gasteiger partial charge in [0.15, 0.2) is 0 Å². The van der Waals surface area contributed by atoms with E-state index >= 15 is 0 Å². The molecular weight excluding hydrogens is 276 g/mol. The lowest BCUT2D eigenvalue weighted by atomic mass is 9.90. The number of methoxy groups -OCH3 is 1. The number of benzene rings is 1. The first-order valence-electron chi connectivity index (χ1n) is 8.13. The summed E-state index contributed by atoms with van der Waals surface area (Å²) in [6.45, 7) is 5.68. The minimum atomic E-state index is -0.0395. The number of hydrogen-bond acceptors (Lipinski definition) is 2. The Balaban J connectivity index is 1.45. The first-order chi connectivity index (χ1) is 10.5. The molecule has 4 nitrogen and oxygen atoms in total. The lowest BCUT2D eigenvalue weighted by molar-refractivity contribution is 0.151. The van der Waals surface area contributed by atoms with Gasteiger partial charge in [-0.25, -0.2) is 4.79 Å². The normalized spacial score (nSPS) is 25.3. The van der Waals surface area contributed by atoms with Gasteiger partial charge in [0.05, 0.1) is 0 Å². The number of carbonyl (C=O) groups is 1. The SMILES string of the molecule is COCCC(C)(C)CNC(=O)N[C@@H]1[C@@H]2Cc3ccccc3[C@@H]21. The van der Waals surface area contributed by atoms with Crippen molar-refractivity contribution in [2.45, 2.75) is 38.6 Å². The highest BCUT2D eigenvalue weighted by Crippen LogP contribution is 2.56. The number of amides is 2. The fraction of sp³-hybridized carbons (Fsp3) is 0.611. The zero-order chi connectivity index (χ0) is 15.7. The Morgan fingerprint density at radius 1 is 1.36 bits per heavy atom. The summed E-state index contributed by atoms with van der Waals surface area (Å²) < 4.78 is 5.11. The second kappa shape index (κ2) is 5.92. The first kappa shape index (κ1) is 15.3. The number of hydrogen-bond donors (Lipinski definition) is 2. The molecule has 3 atom stereocenters. The molecular formula is C18H26N2O2. The van der Waals surface area contributed by atoms with Crippen LogP contribution in [0, 0.1) is 11.3 Å². The summed E-state index contributed by atoms with van der Waals surface area (Å²) in [7, 11) is 1.71. The van der Waals surface area contributed by atoms with Crippen molar-refractivity contribution in [2.75, 3.05) is 20.3 Å². The van der Waals surface area contributed by atoms with E-state index in [1.807, 2.05) is 0 Å². The third-order valence-electron chi connectivity index (χ3n) is 5.05. The smallest absolute Gasteiger partial charge is 0.315 e. The Labute approximate surface area is 132 Å². The average molecular weight is 302 g/mol. The molecule has 4 heteroatoms. The molecule has 2 amide bonds. The molecule has 0 aliphatic heterocycles. The van der Waals surface area contributed by atoms with Gasteiger partial charge in [0.1, 0.15) is 0 Å². The maximum atomic E-state index is 12.1. The van der Waals surface area contributed by atoms with Crippen LogP contribution in [-0.2, 0) is 11.2 Å². The molecule has 0 aromatic heterocycles. The maximum Gasteiger partial charge on any atom is 0.315 e. The van der Waals surface area contributed by atoms with Crippen molar-refractivity contribution in [3.8, 4) is 0 Å². The molecule has 1 aromatic carbocycles. The molecule has 0 heterocycles. The molecule has 0 saturated heterocycles. The van der Waals surface area contributed by atoms with Crippen molar-refractivity contribution in [1.29, 1.82) is 0 Å². The van der Waals surface area contributed by atoms with Gasteiger partial charge >= 0.3 is 6.03 Å². The first-order valence-corrected chi connectivity index (χ1v) is 8.13. The lowest BCUT2D eigenvalue weighted by Gasteiger charge is -2.24. The molecule has 0 spiro atoms. The van der Waals surface area contributed by atoms with Gasteiger partial charge in [-0.3, -0.25) is 0 Å². The quantitative estimate of drug-likeness (QED) is 0.849. The van der Waals surface area contributed by atoms with Crippen molar-refractivity contribution in [2.24, 2.45) is 11.3 Å². The van der Waals surface area contributed by atoms with Crippen molar-refractivity contribution in [3.05, 3.63) is 35.4 Å². The molecule has 2 N–H and O–H groups in total. The summed E-state index contributed by atoms with van der Waals surface area (Å²) >= 11 is 0. The third kappa shape index (κ3) is 3.12. The van der Waals surface area contributed by atoms with Crippen molar-refractivity contribution >= 4 is 6.03 Å². The fourth-order valence-electron chi connectivity index (χ4n) is 3.54. The van der Waals surface area contributed by atoms with Gasteiger partial charge in [0.25, 0.3) is 0 Å². The zero-order valence-electron chi connectivity index (χ0n) is 13.7. The van der Waals surface area contributed by atoms with Gasteiger partial charge in [-0.2, -0.15) is 0 Å². The van der Waals surface area contributed by atoms with Crippen molar-refractivity contribution < 1.29 is 9.53 Å². The number of rotatable bonds is 6. The van der Waals surface area contributed by atoms with Crippen LogP contribution in [0.2, 0.25) is 0 Å². The largest absolute Gasteiger partial charge is 0.385 e. The predicted octanol–water partition coefficient (Wildman–Crippen LogP) is 2.69. The fourth-order valence-corrected chi connectivity index (χ4v) is 3.54. The second-order valence-electron chi connectivity index (χ2n) is 7.35. The van der Waals surface area contributed by atoms with Crippen molar-refractivity contribution in [1.82, 2.24) is 10.6 Å². The number of urea groups is 1. The van der Waals surface area contributed by atoms with E-state index < -0.39 is 0 Å². The molecule has 120 valence electrons. The molecule has 2 aliphatic carbocycles. The van der Waals surface area contributed by atoms with Crippen LogP contribution < -0.4 is 10.6 Å². The van der Waals surface area contributed by atoms with Crippen LogP contribution in [0.1, 0.15) is 37.3 Å². The predicted molar refractivity (Wildman–Crippen MR) is 87.0 cm³/mol. The average Bonchev–Trinajstić information content (AvgIpc) is 3.00. The lowest BCUT2D eigenvalue weighted by Crippen LogP contribution is -2.42. The van der Waals surface area contributed by atoms with Gasteiger partial charge in [0, 0.05) is 32.2 Å². The van der Waals surface area contributed by atoms with Gasteiger partial charge in [0.2, 0.25) is 0 Å². The van der Waals surface area contributed by atoms with Crippen LogP contribution in [0.15, 0.2) is 24.3 Å². The minimum absolute atomic E-state index is 0.0395. The summed E-state index contributed by atoms with van der Waals surface area (Å²) in [6, 6.07) is 8.87. The topological polar surface area (TPSA) is 50.4 Å². The number of nitrogens with one attached hydrogen (secondary N) is 2. The summed E-state index contributed by atoms with van der Waals surface area (Å²) in [5, 5.41) is 6.16. The molecule has 3 rings (SSSR count). The molecule has 1 saturated carbocycles. The highest BCUT2D eigenvalue weighted by atomic mass is 16.5. The molecule has 1 fully saturated rings. The zero-order valence-corrected chi connectivity index (χ0v) is 13.7. The summed E-state index contributed by atoms with van der Waals surface area (Å²) in [6.07, 6.45) is 2.04. The van der Waals surface area contributed by atoms with Crippen LogP contribution in [0.4, 0.5) is 4.79 Å². The molecule has 0 radical (unpaired) electrons. The van der Waals surface area contributed by atoms with Crippen LogP contribution in [-0.4, -0.2) is 32.3 Å². The van der Waals surface area contributed by atoms with E-state index in [-0.39, 0.29) is 11.4 Å². The minimum Gasteiger partial charge on any atom is -0.385 e. The monoisotopic (exact) mass is 302 g/mol. The molecule has 2 aliphatic rings. The third-order valence-corrected chi connectivity index (χ3v) is 5.05. The Bertz CT molecular complexity index is 556. The van der Waals surface area contributed by atoms with Crippen LogP contribution in [0.5, 0.6) is 0 Å². The maximum absolute atomic E-state index is 12.1. The number of ether oxygens (including phenoxy) is 1. The van der Waals surface area contributed by atoms with E-state index in [4.69, 9.17) is 4.74 Å². The van der Waals surface area contributed by atoms with Crippen molar-refractivity contribution in [3.63, 3.8) is 0 Å². The highest BCUT2D eigenvalue weighted by Gasteiger charge is 2.56. The second-order valence-corrected chi connectivity index (χ2v) is 7.35. The van der Waals surface area contributed by atoms with Gasteiger partial charge in [-0.05, 0) is 35.3 Å². The Morgan fingerprint density at radius 3 is 2.91 bits per heavy atom. The Kier molecular flexibility index (Phi) is 4.13. The summed E-state index contributed by atoms with van der Waals surface area (Å²) in [5.41, 5.74) is 2.94. The van der Waals surface area contributed by atoms with Crippen LogP contribution >= 0.6 is 0 Å². The van der Waals surface area contributed by atoms with E-state index in [1.54, 1.807) is 7.11 Å². The standard InChI is InChI=1S/C18H26N2O2/c1-18(2,8-9-22-3)11-19-17(21)20-16-14-10-12-6-4-5-7-13(12)15(14)16/h4-7,14-16H,8-11H2,1-3H3,(H2,19,20,21)/t14-,15+,16-/m1/s1. The van der Waals surface area contributed by atoms with E-state index in [0.717, 1.165) is 19.4 Å². The number of carbonyl (C=O) groups excluding carboxylic acids is 1. The molecule has 0 bridgehead atoms. The van der Waals surface area contributed by atoms with Gasteiger partial charge in [-0.1, -0.05) is 38.1 Å². The summed E-state index contributed by atoms with van der Waals surface area (Å²) in [4.78, 5) is 12.1. The molecule has 0 unspecified atom stereocenters. The van der Waals surface area contributed by atoms with E-state index in [0.29, 0.717) is 24.4 Å². The number of fused-ring (bicyclic) bond motifs is 3. The summed E-state index contributed by atoms with van der Waals surface area (Å²) in [5.74, 6) is 1.13. The highest BCUT2D eigenvalue weighted by molar-refractivity contribution is 5.75. The Hall–Kier alpha value is -1.55.